The first-order valence-corrected chi connectivity index (χ1v) is 2.79. The summed E-state index contributed by atoms with van der Waals surface area (Å²) in [6.45, 7) is 2.63. The lowest BCUT2D eigenvalue weighted by Crippen LogP contribution is -2.29. The minimum Gasteiger partial charge on any atom is -0.355 e. The molecule has 0 aliphatic carbocycles. The van der Waals surface area contributed by atoms with E-state index in [0.29, 0.717) is 19.3 Å². The fraction of sp³-hybridized carbons (Fsp3) is 1.00. The third kappa shape index (κ3) is 3.01. The Labute approximate surface area is 60.9 Å². The van der Waals surface area contributed by atoms with Crippen molar-refractivity contribution < 1.29 is 9.47 Å². The van der Waals surface area contributed by atoms with Crippen LogP contribution in [0.2, 0.25) is 0 Å². The molecule has 1 fully saturated rings. The summed E-state index contributed by atoms with van der Waals surface area (Å²) in [6, 6.07) is 0. The highest BCUT2D eigenvalue weighted by Crippen LogP contribution is 2.01. The van der Waals surface area contributed by atoms with Gasteiger partial charge in [0.05, 0.1) is 13.2 Å². The van der Waals surface area contributed by atoms with E-state index in [4.69, 9.17) is 15.2 Å². The van der Waals surface area contributed by atoms with Crippen LogP contribution in [0.15, 0.2) is 0 Å². The molecule has 56 valence electrons. The normalized spacial score (nSPS) is 21.0. The quantitative estimate of drug-likeness (QED) is 0.576. The topological polar surface area (TPSA) is 44.5 Å². The van der Waals surface area contributed by atoms with Gasteiger partial charge in [-0.3, -0.25) is 0 Å². The van der Waals surface area contributed by atoms with Gasteiger partial charge in [-0.1, -0.05) is 0 Å². The summed E-state index contributed by atoms with van der Waals surface area (Å²) < 4.78 is 9.94. The summed E-state index contributed by atoms with van der Waals surface area (Å²) in [7, 11) is 0. The van der Waals surface area contributed by atoms with Gasteiger partial charge in [-0.15, -0.1) is 12.4 Å². The maximum absolute atomic E-state index is 5.34. The van der Waals surface area contributed by atoms with Crippen LogP contribution in [0.5, 0.6) is 0 Å². The maximum Gasteiger partial charge on any atom is 0.146 e. The summed E-state index contributed by atoms with van der Waals surface area (Å²) in [4.78, 5) is 0. The van der Waals surface area contributed by atoms with Crippen LogP contribution in [-0.2, 0) is 9.47 Å². The van der Waals surface area contributed by atoms with Crippen LogP contribution in [-0.4, -0.2) is 26.6 Å². The zero-order valence-electron chi connectivity index (χ0n) is 5.21. The first-order chi connectivity index (χ1) is 3.93. The number of halogens is 1. The molecule has 4 heteroatoms. The highest BCUT2D eigenvalue weighted by atomic mass is 35.5. The molecule has 1 saturated heterocycles. The molecule has 0 bridgehead atoms. The Morgan fingerprint density at radius 3 is 2.22 bits per heavy atom. The fourth-order valence-corrected chi connectivity index (χ4v) is 0.673. The molecule has 1 aliphatic rings. The minimum atomic E-state index is 0. The van der Waals surface area contributed by atoms with E-state index in [2.05, 4.69) is 0 Å². The van der Waals surface area contributed by atoms with Crippen molar-refractivity contribution in [3.63, 3.8) is 0 Å². The van der Waals surface area contributed by atoms with Crippen molar-refractivity contribution in [1.29, 1.82) is 0 Å². The van der Waals surface area contributed by atoms with E-state index in [1.807, 2.05) is 0 Å². The Morgan fingerprint density at radius 1 is 1.33 bits per heavy atom. The maximum atomic E-state index is 5.34. The van der Waals surface area contributed by atoms with Crippen molar-refractivity contribution in [3.05, 3.63) is 0 Å². The summed E-state index contributed by atoms with van der Waals surface area (Å²) in [6.07, 6.45) is 0. The molecule has 3 nitrogen and oxygen atoms in total. The van der Waals surface area contributed by atoms with Gasteiger partial charge in [-0.05, 0) is 6.54 Å². The molecule has 0 amide bonds. The van der Waals surface area contributed by atoms with Gasteiger partial charge in [0.15, 0.2) is 0 Å². The molecule has 2 N–H and O–H groups in total. The third-order valence-corrected chi connectivity index (χ3v) is 1.21. The summed E-state index contributed by atoms with van der Waals surface area (Å²) in [5.74, 6) is 0.420. The van der Waals surface area contributed by atoms with Gasteiger partial charge in [0.2, 0.25) is 0 Å². The lowest BCUT2D eigenvalue weighted by molar-refractivity contribution is -0.123. The van der Waals surface area contributed by atoms with Gasteiger partial charge in [-0.25, -0.2) is 0 Å². The molecular weight excluding hydrogens is 142 g/mol. The lowest BCUT2D eigenvalue weighted by Gasteiger charge is -2.20. The van der Waals surface area contributed by atoms with Gasteiger partial charge in [0.25, 0.3) is 0 Å². The smallest absolute Gasteiger partial charge is 0.146 e. The Bertz CT molecular complexity index is 66.0. The molecule has 0 aromatic carbocycles. The van der Waals surface area contributed by atoms with Gasteiger partial charge in [-0.2, -0.15) is 0 Å². The van der Waals surface area contributed by atoms with Crippen LogP contribution >= 0.6 is 12.4 Å². The van der Waals surface area contributed by atoms with Crippen LogP contribution in [0.25, 0.3) is 0 Å². The molecule has 1 rings (SSSR count). The predicted molar refractivity (Wildman–Crippen MR) is 36.6 cm³/mol. The van der Waals surface area contributed by atoms with E-state index >= 15 is 0 Å². The van der Waals surface area contributed by atoms with Crippen molar-refractivity contribution in [3.8, 4) is 0 Å². The molecule has 0 unspecified atom stereocenters. The van der Waals surface area contributed by atoms with Crippen LogP contribution in [0.4, 0.5) is 0 Å². The zero-order chi connectivity index (χ0) is 5.82. The van der Waals surface area contributed by atoms with Crippen molar-refractivity contribution in [2.24, 2.45) is 11.7 Å². The van der Waals surface area contributed by atoms with E-state index < -0.39 is 0 Å². The summed E-state index contributed by atoms with van der Waals surface area (Å²) >= 11 is 0. The van der Waals surface area contributed by atoms with E-state index in [1.165, 1.54) is 0 Å². The largest absolute Gasteiger partial charge is 0.355 e. The first-order valence-electron chi connectivity index (χ1n) is 2.79. The molecule has 0 atom stereocenters. The van der Waals surface area contributed by atoms with Gasteiger partial charge in [0, 0.05) is 5.92 Å². The second kappa shape index (κ2) is 4.99. The standard InChI is InChI=1S/C5H11NO2.ClH/c6-1-5-2-7-4-8-3-5;/h5H,1-4,6H2;1H. The number of hydrogen-bond donors (Lipinski definition) is 1. The molecule has 1 aliphatic heterocycles. The van der Waals surface area contributed by atoms with E-state index in [0.717, 1.165) is 13.2 Å². The van der Waals surface area contributed by atoms with Crippen LogP contribution < -0.4 is 5.73 Å². The minimum absolute atomic E-state index is 0. The van der Waals surface area contributed by atoms with Gasteiger partial charge >= 0.3 is 0 Å². The lowest BCUT2D eigenvalue weighted by atomic mass is 10.2. The Hall–Kier alpha value is 0.170. The van der Waals surface area contributed by atoms with Crippen LogP contribution in [0.1, 0.15) is 0 Å². The number of hydrogen-bond acceptors (Lipinski definition) is 3. The van der Waals surface area contributed by atoms with Crippen molar-refractivity contribution >= 4 is 12.4 Å². The molecule has 9 heavy (non-hydrogen) atoms. The second-order valence-electron chi connectivity index (χ2n) is 1.96. The molecule has 0 saturated carbocycles. The van der Waals surface area contributed by atoms with Crippen molar-refractivity contribution in [2.45, 2.75) is 0 Å². The molecule has 0 aromatic rings. The fourth-order valence-electron chi connectivity index (χ4n) is 0.673. The van der Waals surface area contributed by atoms with Gasteiger partial charge < -0.3 is 15.2 Å². The Kier molecular flexibility index (Phi) is 5.09. The van der Waals surface area contributed by atoms with E-state index in [-0.39, 0.29) is 12.4 Å². The second-order valence-corrected chi connectivity index (χ2v) is 1.96. The summed E-state index contributed by atoms with van der Waals surface area (Å²) in [5, 5.41) is 0. The molecule has 0 spiro atoms. The monoisotopic (exact) mass is 153 g/mol. The van der Waals surface area contributed by atoms with E-state index in [9.17, 15) is 0 Å². The summed E-state index contributed by atoms with van der Waals surface area (Å²) in [5.41, 5.74) is 5.34. The molecule has 0 aromatic heterocycles. The van der Waals surface area contributed by atoms with E-state index in [1.54, 1.807) is 0 Å². The van der Waals surface area contributed by atoms with Crippen molar-refractivity contribution in [2.75, 3.05) is 26.6 Å². The highest BCUT2D eigenvalue weighted by molar-refractivity contribution is 5.85. The SMILES string of the molecule is Cl.NCC1COCOC1. The Balaban J connectivity index is 0.000000640. The molecule has 1 heterocycles. The average Bonchev–Trinajstić information content (AvgIpc) is 1.90. The van der Waals surface area contributed by atoms with Crippen LogP contribution in [0.3, 0.4) is 0 Å². The first kappa shape index (κ1) is 9.17. The average molecular weight is 154 g/mol. The van der Waals surface area contributed by atoms with Crippen molar-refractivity contribution in [1.82, 2.24) is 0 Å². The Morgan fingerprint density at radius 2 is 1.89 bits per heavy atom. The molecular formula is C5H12ClNO2. The third-order valence-electron chi connectivity index (χ3n) is 1.21. The van der Waals surface area contributed by atoms with Crippen LogP contribution in [0, 0.1) is 5.92 Å². The zero-order valence-corrected chi connectivity index (χ0v) is 6.02. The number of ether oxygens (including phenoxy) is 2. The highest BCUT2D eigenvalue weighted by Gasteiger charge is 2.10. The number of nitrogens with two attached hydrogens (primary N) is 1. The van der Waals surface area contributed by atoms with Gasteiger partial charge in [0.1, 0.15) is 6.79 Å². The predicted octanol–water partition coefficient (Wildman–Crippen LogP) is -0.0126. The molecule has 0 radical (unpaired) electrons. The number of rotatable bonds is 1.